The highest BCUT2D eigenvalue weighted by atomic mass is 16.2. The first-order chi connectivity index (χ1) is 7.26. The molecule has 3 heteroatoms. The molecule has 2 bridgehead atoms. The van der Waals surface area contributed by atoms with Gasteiger partial charge in [-0.25, -0.2) is 0 Å². The monoisotopic (exact) mass is 206 g/mol. The normalized spacial score (nSPS) is 29.9. The minimum Gasteiger partial charge on any atom is -0.323 e. The second-order valence-electron chi connectivity index (χ2n) is 4.32. The van der Waals surface area contributed by atoms with Crippen molar-refractivity contribution in [3.8, 4) is 11.8 Å². The number of carbonyl (C=O) groups excluding carboxylic acids is 1. The average Bonchev–Trinajstić information content (AvgIpc) is 2.50. The molecule has 0 unspecified atom stereocenters. The van der Waals surface area contributed by atoms with Gasteiger partial charge in [0.1, 0.15) is 0 Å². The van der Waals surface area contributed by atoms with E-state index >= 15 is 0 Å². The van der Waals surface area contributed by atoms with Gasteiger partial charge in [0.05, 0.1) is 0 Å². The molecular formula is C12H18N2O. The molecule has 1 amide bonds. The second-order valence-corrected chi connectivity index (χ2v) is 4.32. The lowest BCUT2D eigenvalue weighted by Gasteiger charge is -2.39. The van der Waals surface area contributed by atoms with Gasteiger partial charge in [-0.2, -0.15) is 0 Å². The SMILES string of the molecule is CC#CC(=O)N1[C@@H]2CC[C@H]1CN(CC)C2. The van der Waals surface area contributed by atoms with Gasteiger partial charge in [-0.1, -0.05) is 12.8 Å². The lowest BCUT2D eigenvalue weighted by atomic mass is 10.2. The summed E-state index contributed by atoms with van der Waals surface area (Å²) >= 11 is 0. The standard InChI is InChI=1S/C12H18N2O/c1-3-5-12(15)14-10-6-7-11(14)9-13(4-2)8-10/h10-11H,4,6-9H2,1-2H3/t10-,11+. The van der Waals surface area contributed by atoms with Crippen LogP contribution in [0.3, 0.4) is 0 Å². The maximum absolute atomic E-state index is 11.8. The van der Waals surface area contributed by atoms with Gasteiger partial charge < -0.3 is 4.90 Å². The molecule has 0 saturated carbocycles. The Bertz CT molecular complexity index is 301. The molecule has 2 saturated heterocycles. The molecule has 0 N–H and O–H groups in total. The Morgan fingerprint density at radius 3 is 2.40 bits per heavy atom. The van der Waals surface area contributed by atoms with Crippen molar-refractivity contribution in [2.24, 2.45) is 0 Å². The summed E-state index contributed by atoms with van der Waals surface area (Å²) in [7, 11) is 0. The third-order valence-electron chi connectivity index (χ3n) is 3.47. The molecule has 82 valence electrons. The minimum atomic E-state index is 0.0285. The first-order valence-electron chi connectivity index (χ1n) is 5.73. The molecule has 3 nitrogen and oxygen atoms in total. The topological polar surface area (TPSA) is 23.6 Å². The number of likely N-dealkylation sites (tertiary alicyclic amines) is 1. The zero-order valence-electron chi connectivity index (χ0n) is 9.49. The van der Waals surface area contributed by atoms with Crippen molar-refractivity contribution in [3.05, 3.63) is 0 Å². The summed E-state index contributed by atoms with van der Waals surface area (Å²) in [5.41, 5.74) is 0. The number of fused-ring (bicyclic) bond motifs is 2. The van der Waals surface area contributed by atoms with Crippen LogP contribution < -0.4 is 0 Å². The second kappa shape index (κ2) is 4.24. The fraction of sp³-hybridized carbons (Fsp3) is 0.750. The highest BCUT2D eigenvalue weighted by Gasteiger charge is 2.41. The van der Waals surface area contributed by atoms with Gasteiger partial charge in [0.25, 0.3) is 5.91 Å². The molecule has 2 fully saturated rings. The largest absolute Gasteiger partial charge is 0.323 e. The quantitative estimate of drug-likeness (QED) is 0.590. The van der Waals surface area contributed by atoms with Crippen LogP contribution in [0.4, 0.5) is 0 Å². The molecule has 2 atom stereocenters. The van der Waals surface area contributed by atoms with Crippen molar-refractivity contribution >= 4 is 5.91 Å². The summed E-state index contributed by atoms with van der Waals surface area (Å²) in [4.78, 5) is 16.2. The maximum atomic E-state index is 11.8. The fourth-order valence-electron chi connectivity index (χ4n) is 2.75. The van der Waals surface area contributed by atoms with E-state index in [9.17, 15) is 4.79 Å². The summed E-state index contributed by atoms with van der Waals surface area (Å²) in [6, 6.07) is 0.828. The van der Waals surface area contributed by atoms with Gasteiger partial charge in [-0.05, 0) is 32.2 Å². The lowest BCUT2D eigenvalue weighted by molar-refractivity contribution is -0.130. The highest BCUT2D eigenvalue weighted by molar-refractivity contribution is 5.94. The first-order valence-corrected chi connectivity index (χ1v) is 5.73. The van der Waals surface area contributed by atoms with Crippen LogP contribution >= 0.6 is 0 Å². The van der Waals surface area contributed by atoms with Crippen molar-refractivity contribution in [2.75, 3.05) is 19.6 Å². The van der Waals surface area contributed by atoms with E-state index in [1.54, 1.807) is 6.92 Å². The third-order valence-corrected chi connectivity index (χ3v) is 3.47. The fourth-order valence-corrected chi connectivity index (χ4v) is 2.75. The van der Waals surface area contributed by atoms with Crippen molar-refractivity contribution in [2.45, 2.75) is 38.8 Å². The van der Waals surface area contributed by atoms with Gasteiger partial charge in [-0.3, -0.25) is 9.69 Å². The van der Waals surface area contributed by atoms with Crippen LogP contribution in [-0.2, 0) is 4.79 Å². The van der Waals surface area contributed by atoms with Crippen LogP contribution in [0.25, 0.3) is 0 Å². The number of likely N-dealkylation sites (N-methyl/N-ethyl adjacent to an activating group) is 1. The third kappa shape index (κ3) is 1.87. The number of amides is 1. The van der Waals surface area contributed by atoms with E-state index in [1.807, 2.05) is 4.90 Å². The van der Waals surface area contributed by atoms with E-state index in [0.29, 0.717) is 12.1 Å². The van der Waals surface area contributed by atoms with Crippen LogP contribution in [0.15, 0.2) is 0 Å². The van der Waals surface area contributed by atoms with E-state index in [4.69, 9.17) is 0 Å². The van der Waals surface area contributed by atoms with Gasteiger partial charge in [-0.15, -0.1) is 0 Å². The molecule has 0 aromatic heterocycles. The summed E-state index contributed by atoms with van der Waals surface area (Å²) in [5.74, 6) is 5.40. The van der Waals surface area contributed by atoms with Crippen LogP contribution in [-0.4, -0.2) is 47.4 Å². The van der Waals surface area contributed by atoms with E-state index in [1.165, 1.54) is 0 Å². The lowest BCUT2D eigenvalue weighted by Crippen LogP contribution is -2.55. The number of carbonyl (C=O) groups is 1. The Morgan fingerprint density at radius 2 is 1.93 bits per heavy atom. The van der Waals surface area contributed by atoms with Crippen LogP contribution in [0.1, 0.15) is 26.7 Å². The van der Waals surface area contributed by atoms with Crippen molar-refractivity contribution in [1.82, 2.24) is 9.80 Å². The van der Waals surface area contributed by atoms with E-state index in [-0.39, 0.29) is 5.91 Å². The van der Waals surface area contributed by atoms with Crippen molar-refractivity contribution < 1.29 is 4.79 Å². The molecule has 2 rings (SSSR count). The Balaban J connectivity index is 2.09. The summed E-state index contributed by atoms with van der Waals surface area (Å²) in [6.45, 7) is 7.06. The predicted molar refractivity (Wildman–Crippen MR) is 59.2 cm³/mol. The number of piperazine rings is 1. The Hall–Kier alpha value is -1.01. The molecule has 0 spiro atoms. The van der Waals surface area contributed by atoms with Crippen LogP contribution in [0, 0.1) is 11.8 Å². The van der Waals surface area contributed by atoms with Crippen molar-refractivity contribution in [3.63, 3.8) is 0 Å². The zero-order chi connectivity index (χ0) is 10.8. The summed E-state index contributed by atoms with van der Waals surface area (Å²) in [5, 5.41) is 0. The van der Waals surface area contributed by atoms with Crippen molar-refractivity contribution in [1.29, 1.82) is 0 Å². The van der Waals surface area contributed by atoms with E-state index in [0.717, 1.165) is 32.5 Å². The summed E-state index contributed by atoms with van der Waals surface area (Å²) < 4.78 is 0. The molecule has 0 aliphatic carbocycles. The van der Waals surface area contributed by atoms with Gasteiger partial charge >= 0.3 is 0 Å². The highest BCUT2D eigenvalue weighted by Crippen LogP contribution is 2.29. The van der Waals surface area contributed by atoms with Crippen LogP contribution in [0.2, 0.25) is 0 Å². The smallest absolute Gasteiger partial charge is 0.299 e. The molecule has 2 aliphatic rings. The molecule has 0 aromatic rings. The van der Waals surface area contributed by atoms with E-state index < -0.39 is 0 Å². The molecule has 0 aromatic carbocycles. The average molecular weight is 206 g/mol. The zero-order valence-corrected chi connectivity index (χ0v) is 9.49. The number of rotatable bonds is 1. The number of nitrogens with zero attached hydrogens (tertiary/aromatic N) is 2. The maximum Gasteiger partial charge on any atom is 0.299 e. The Labute approximate surface area is 91.4 Å². The molecule has 2 heterocycles. The number of hydrogen-bond acceptors (Lipinski definition) is 2. The van der Waals surface area contributed by atoms with Gasteiger partial charge in [0.15, 0.2) is 0 Å². The Morgan fingerprint density at radius 1 is 1.33 bits per heavy atom. The van der Waals surface area contributed by atoms with Gasteiger partial charge in [0.2, 0.25) is 0 Å². The predicted octanol–water partition coefficient (Wildman–Crippen LogP) is 0.705. The number of hydrogen-bond donors (Lipinski definition) is 0. The van der Waals surface area contributed by atoms with Gasteiger partial charge in [0, 0.05) is 25.2 Å². The summed E-state index contributed by atoms with van der Waals surface area (Å²) in [6.07, 6.45) is 2.30. The molecule has 0 radical (unpaired) electrons. The Kier molecular flexibility index (Phi) is 2.97. The first kappa shape index (κ1) is 10.5. The molecule has 2 aliphatic heterocycles. The minimum absolute atomic E-state index is 0.0285. The molecular weight excluding hydrogens is 188 g/mol. The van der Waals surface area contributed by atoms with E-state index in [2.05, 4.69) is 23.7 Å². The van der Waals surface area contributed by atoms with Crippen LogP contribution in [0.5, 0.6) is 0 Å². The molecule has 15 heavy (non-hydrogen) atoms.